The highest BCUT2D eigenvalue weighted by Gasteiger charge is 2.19. The van der Waals surface area contributed by atoms with Gasteiger partial charge in [0, 0.05) is 11.1 Å². The van der Waals surface area contributed by atoms with Crippen LogP contribution in [0.15, 0.2) is 94.9 Å². The highest BCUT2D eigenvalue weighted by molar-refractivity contribution is 5.99. The first-order valence-corrected chi connectivity index (χ1v) is 10.9. The van der Waals surface area contributed by atoms with Crippen molar-refractivity contribution in [1.82, 2.24) is 0 Å². The van der Waals surface area contributed by atoms with E-state index in [9.17, 15) is 0 Å². The van der Waals surface area contributed by atoms with E-state index in [1.165, 1.54) is 0 Å². The van der Waals surface area contributed by atoms with Crippen molar-refractivity contribution < 1.29 is 9.47 Å². The maximum atomic E-state index is 6.19. The third kappa shape index (κ3) is 7.38. The molecule has 0 N–H and O–H groups in total. The largest absolute Gasteiger partial charge is 0.471 e. The summed E-state index contributed by atoms with van der Waals surface area (Å²) in [5.74, 6) is 1.15. The van der Waals surface area contributed by atoms with Crippen molar-refractivity contribution in [3.05, 3.63) is 96.1 Å². The monoisotopic (exact) mass is 428 g/mol. The van der Waals surface area contributed by atoms with E-state index in [2.05, 4.69) is 0 Å². The fourth-order valence-electron chi connectivity index (χ4n) is 2.87. The lowest BCUT2D eigenvalue weighted by Gasteiger charge is -2.24. The van der Waals surface area contributed by atoms with Crippen molar-refractivity contribution in [2.75, 3.05) is 0 Å². The van der Waals surface area contributed by atoms with E-state index in [1.54, 1.807) is 0 Å². The minimum Gasteiger partial charge on any atom is -0.471 e. The predicted molar refractivity (Wildman–Crippen MR) is 133 cm³/mol. The van der Waals surface area contributed by atoms with Crippen molar-refractivity contribution in [2.24, 2.45) is 9.98 Å². The second-order valence-corrected chi connectivity index (χ2v) is 9.51. The van der Waals surface area contributed by atoms with Crippen molar-refractivity contribution in [1.29, 1.82) is 0 Å². The van der Waals surface area contributed by atoms with Gasteiger partial charge in [0.25, 0.3) is 0 Å². The van der Waals surface area contributed by atoms with E-state index in [-0.39, 0.29) is 11.2 Å². The number of ether oxygens (including phenoxy) is 2. The van der Waals surface area contributed by atoms with Gasteiger partial charge in [0.1, 0.15) is 11.2 Å². The summed E-state index contributed by atoms with van der Waals surface area (Å²) in [6.45, 7) is 12.1. The summed E-state index contributed by atoms with van der Waals surface area (Å²) in [6.07, 6.45) is 0. The molecule has 3 aromatic rings. The molecule has 0 unspecified atom stereocenters. The number of nitrogens with zero attached hydrogens (tertiary/aromatic N) is 2. The molecule has 0 saturated heterocycles. The topological polar surface area (TPSA) is 43.2 Å². The molecule has 0 aliphatic carbocycles. The van der Waals surface area contributed by atoms with Crippen molar-refractivity contribution in [3.63, 3.8) is 0 Å². The lowest BCUT2D eigenvalue weighted by atomic mass is 10.1. The summed E-state index contributed by atoms with van der Waals surface area (Å²) in [5, 5.41) is 0. The van der Waals surface area contributed by atoms with Crippen LogP contribution in [-0.2, 0) is 9.47 Å². The average Bonchev–Trinajstić information content (AvgIpc) is 2.73. The highest BCUT2D eigenvalue weighted by atomic mass is 16.5. The molecule has 3 aromatic carbocycles. The number of para-hydroxylation sites is 2. The van der Waals surface area contributed by atoms with Gasteiger partial charge in [-0.3, -0.25) is 0 Å². The van der Waals surface area contributed by atoms with Crippen LogP contribution in [0.25, 0.3) is 0 Å². The Bertz CT molecular complexity index is 968. The lowest BCUT2D eigenvalue weighted by Crippen LogP contribution is -2.25. The summed E-state index contributed by atoms with van der Waals surface area (Å²) < 4.78 is 12.4. The normalized spacial score (nSPS) is 13.1. The van der Waals surface area contributed by atoms with Crippen LogP contribution in [0.4, 0.5) is 11.4 Å². The Morgan fingerprint density at radius 2 is 0.812 bits per heavy atom. The minimum absolute atomic E-state index is 0.373. The summed E-state index contributed by atoms with van der Waals surface area (Å²) in [7, 11) is 0. The molecule has 4 heteroatoms. The highest BCUT2D eigenvalue weighted by Crippen LogP contribution is 2.22. The van der Waals surface area contributed by atoms with Crippen molar-refractivity contribution in [2.45, 2.75) is 52.7 Å². The van der Waals surface area contributed by atoms with E-state index in [0.717, 1.165) is 22.5 Å². The van der Waals surface area contributed by atoms with Gasteiger partial charge in [-0.2, -0.15) is 0 Å². The van der Waals surface area contributed by atoms with E-state index in [4.69, 9.17) is 19.5 Å². The predicted octanol–water partition coefficient (Wildman–Crippen LogP) is 7.47. The van der Waals surface area contributed by atoms with E-state index in [1.807, 2.05) is 126 Å². The maximum Gasteiger partial charge on any atom is 0.221 e. The first kappa shape index (κ1) is 23.3. The van der Waals surface area contributed by atoms with Crippen LogP contribution in [0.5, 0.6) is 0 Å². The summed E-state index contributed by atoms with van der Waals surface area (Å²) in [4.78, 5) is 9.50. The Morgan fingerprint density at radius 3 is 1.09 bits per heavy atom. The lowest BCUT2D eigenvalue weighted by molar-refractivity contribution is 0.117. The van der Waals surface area contributed by atoms with Gasteiger partial charge < -0.3 is 9.47 Å². The SMILES string of the molecule is CC(C)(C)OC(=Nc1ccccc1)c1ccc(C(=Nc2ccccc2)OC(C)(C)C)cc1. The Labute approximate surface area is 191 Å². The van der Waals surface area contributed by atoms with Crippen LogP contribution < -0.4 is 0 Å². The molecule has 0 radical (unpaired) electrons. The molecule has 4 nitrogen and oxygen atoms in total. The molecule has 0 aliphatic rings. The Morgan fingerprint density at radius 1 is 0.500 bits per heavy atom. The first-order valence-electron chi connectivity index (χ1n) is 10.9. The van der Waals surface area contributed by atoms with Crippen LogP contribution in [-0.4, -0.2) is 23.0 Å². The van der Waals surface area contributed by atoms with E-state index < -0.39 is 0 Å². The van der Waals surface area contributed by atoms with Gasteiger partial charge in [-0.15, -0.1) is 0 Å². The second kappa shape index (κ2) is 9.82. The van der Waals surface area contributed by atoms with Gasteiger partial charge in [-0.25, -0.2) is 9.98 Å². The molecular formula is C28H32N2O2. The fraction of sp³-hybridized carbons (Fsp3) is 0.286. The molecular weight excluding hydrogens is 396 g/mol. The molecule has 0 fully saturated rings. The van der Waals surface area contributed by atoms with Crippen LogP contribution in [0.3, 0.4) is 0 Å². The first-order chi connectivity index (χ1) is 15.1. The number of hydrogen-bond donors (Lipinski definition) is 0. The van der Waals surface area contributed by atoms with Crippen LogP contribution >= 0.6 is 0 Å². The number of aliphatic imine (C=N–C) groups is 2. The third-order valence-electron chi connectivity index (χ3n) is 4.16. The fourth-order valence-corrected chi connectivity index (χ4v) is 2.87. The zero-order valence-electron chi connectivity index (χ0n) is 19.8. The molecule has 0 bridgehead atoms. The van der Waals surface area contributed by atoms with Crippen molar-refractivity contribution in [3.8, 4) is 0 Å². The third-order valence-corrected chi connectivity index (χ3v) is 4.16. The Balaban J connectivity index is 1.98. The smallest absolute Gasteiger partial charge is 0.221 e. The number of rotatable bonds is 4. The molecule has 3 rings (SSSR count). The molecule has 0 aliphatic heterocycles. The molecule has 0 saturated carbocycles. The molecule has 32 heavy (non-hydrogen) atoms. The molecule has 0 aromatic heterocycles. The average molecular weight is 429 g/mol. The summed E-state index contributed by atoms with van der Waals surface area (Å²) >= 11 is 0. The van der Waals surface area contributed by atoms with Gasteiger partial charge in [0.05, 0.1) is 11.4 Å². The minimum atomic E-state index is -0.373. The number of hydrogen-bond acceptors (Lipinski definition) is 4. The van der Waals surface area contributed by atoms with Gasteiger partial charge >= 0.3 is 0 Å². The van der Waals surface area contributed by atoms with E-state index in [0.29, 0.717) is 11.8 Å². The summed E-state index contributed by atoms with van der Waals surface area (Å²) in [5.41, 5.74) is 2.73. The van der Waals surface area contributed by atoms with Crippen molar-refractivity contribution >= 4 is 23.2 Å². The standard InChI is InChI=1S/C28H32N2O2/c1-27(2,3)31-25(29-23-13-9-7-10-14-23)21-17-19-22(20-18-21)26(32-28(4,5)6)30-24-15-11-8-12-16-24/h7-20H,1-6H3. The van der Waals surface area contributed by atoms with Crippen LogP contribution in [0.1, 0.15) is 52.7 Å². The second-order valence-electron chi connectivity index (χ2n) is 9.51. The quantitative estimate of drug-likeness (QED) is 0.319. The molecule has 0 atom stereocenters. The molecule has 0 amide bonds. The maximum absolute atomic E-state index is 6.19. The molecule has 0 heterocycles. The van der Waals surface area contributed by atoms with Gasteiger partial charge in [-0.1, -0.05) is 36.4 Å². The summed E-state index contributed by atoms with van der Waals surface area (Å²) in [6, 6.07) is 27.6. The van der Waals surface area contributed by atoms with Gasteiger partial charge in [0.15, 0.2) is 0 Å². The number of benzene rings is 3. The Kier molecular flexibility index (Phi) is 7.14. The van der Waals surface area contributed by atoms with Crippen LogP contribution in [0.2, 0.25) is 0 Å². The van der Waals surface area contributed by atoms with Gasteiger partial charge in [0.2, 0.25) is 11.8 Å². The zero-order valence-corrected chi connectivity index (χ0v) is 19.8. The Hall–Kier alpha value is -3.40. The van der Waals surface area contributed by atoms with Gasteiger partial charge in [-0.05, 0) is 90.1 Å². The van der Waals surface area contributed by atoms with Crippen LogP contribution in [0, 0.1) is 0 Å². The zero-order chi connectivity index (χ0) is 23.2. The molecule has 166 valence electrons. The van der Waals surface area contributed by atoms with E-state index >= 15 is 0 Å². The molecule has 0 spiro atoms.